The van der Waals surface area contributed by atoms with Gasteiger partial charge in [0.05, 0.1) is 11.1 Å². The van der Waals surface area contributed by atoms with Gasteiger partial charge >= 0.3 is 0 Å². The maximum absolute atomic E-state index is 12.8. The van der Waals surface area contributed by atoms with E-state index in [1.54, 1.807) is 10.9 Å². The Morgan fingerprint density at radius 1 is 1.12 bits per heavy atom. The number of benzene rings is 2. The van der Waals surface area contributed by atoms with Crippen LogP contribution in [0.3, 0.4) is 0 Å². The fraction of sp³-hybridized carbons (Fsp3) is 0.158. The van der Waals surface area contributed by atoms with Gasteiger partial charge in [-0.25, -0.2) is 4.68 Å². The minimum Gasteiger partial charge on any atom is -0.325 e. The molecule has 1 saturated carbocycles. The zero-order valence-electron chi connectivity index (χ0n) is 12.9. The van der Waals surface area contributed by atoms with Crippen LogP contribution in [-0.4, -0.2) is 15.7 Å². The van der Waals surface area contributed by atoms with Crippen LogP contribution in [-0.2, 0) is 10.2 Å². The topological polar surface area (TPSA) is 46.9 Å². The van der Waals surface area contributed by atoms with Crippen molar-refractivity contribution in [3.63, 3.8) is 0 Å². The second-order valence-electron chi connectivity index (χ2n) is 6.04. The highest BCUT2D eigenvalue weighted by atomic mass is 79.9. The van der Waals surface area contributed by atoms with Gasteiger partial charge in [0.2, 0.25) is 5.91 Å². The standard InChI is InChI=1S/C19H16BrN3O/c20-15-4-1-3-14(13-15)19(9-10-19)18(24)22-16-5-7-17(8-6-16)23-12-2-11-21-23/h1-8,11-13H,9-10H2,(H,22,24). The lowest BCUT2D eigenvalue weighted by Gasteiger charge is -2.16. The molecule has 5 heteroatoms. The summed E-state index contributed by atoms with van der Waals surface area (Å²) in [5.74, 6) is 0.0624. The molecule has 1 aliphatic carbocycles. The van der Waals surface area contributed by atoms with E-state index < -0.39 is 0 Å². The van der Waals surface area contributed by atoms with Crippen molar-refractivity contribution in [1.82, 2.24) is 9.78 Å². The number of nitrogens with one attached hydrogen (secondary N) is 1. The summed E-state index contributed by atoms with van der Waals surface area (Å²) in [4.78, 5) is 12.8. The molecule has 0 radical (unpaired) electrons. The zero-order chi connectivity index (χ0) is 16.6. The first-order valence-corrected chi connectivity index (χ1v) is 8.64. The summed E-state index contributed by atoms with van der Waals surface area (Å²) >= 11 is 3.49. The van der Waals surface area contributed by atoms with Crippen molar-refractivity contribution >= 4 is 27.5 Å². The molecule has 0 atom stereocenters. The van der Waals surface area contributed by atoms with Gasteiger partial charge in [0.1, 0.15) is 0 Å². The van der Waals surface area contributed by atoms with Gasteiger partial charge in [-0.15, -0.1) is 0 Å². The van der Waals surface area contributed by atoms with Crippen LogP contribution in [0.1, 0.15) is 18.4 Å². The van der Waals surface area contributed by atoms with Crippen LogP contribution in [0.15, 0.2) is 71.5 Å². The highest BCUT2D eigenvalue weighted by Crippen LogP contribution is 2.49. The number of carbonyl (C=O) groups is 1. The minimum absolute atomic E-state index is 0.0624. The summed E-state index contributed by atoms with van der Waals surface area (Å²) in [7, 11) is 0. The van der Waals surface area contributed by atoms with Crippen LogP contribution in [0.4, 0.5) is 5.69 Å². The average molecular weight is 382 g/mol. The van der Waals surface area contributed by atoms with Gasteiger partial charge in [-0.2, -0.15) is 5.10 Å². The van der Waals surface area contributed by atoms with Crippen LogP contribution in [0.2, 0.25) is 0 Å². The Balaban J connectivity index is 1.52. The Morgan fingerprint density at radius 2 is 1.92 bits per heavy atom. The van der Waals surface area contributed by atoms with E-state index in [4.69, 9.17) is 0 Å². The van der Waals surface area contributed by atoms with Crippen molar-refractivity contribution < 1.29 is 4.79 Å². The normalized spacial score (nSPS) is 15.0. The molecule has 0 bridgehead atoms. The smallest absolute Gasteiger partial charge is 0.235 e. The summed E-state index contributed by atoms with van der Waals surface area (Å²) < 4.78 is 2.79. The van der Waals surface area contributed by atoms with Crippen LogP contribution >= 0.6 is 15.9 Å². The second-order valence-corrected chi connectivity index (χ2v) is 6.96. The third-order valence-electron chi connectivity index (χ3n) is 4.46. The number of rotatable bonds is 4. The Bertz CT molecular complexity index is 868. The lowest BCUT2D eigenvalue weighted by Crippen LogP contribution is -2.27. The van der Waals surface area contributed by atoms with E-state index in [-0.39, 0.29) is 11.3 Å². The second kappa shape index (κ2) is 5.91. The average Bonchev–Trinajstić information content (AvgIpc) is 3.23. The van der Waals surface area contributed by atoms with Gasteiger partial charge in [0, 0.05) is 22.6 Å². The Hall–Kier alpha value is -2.40. The first-order chi connectivity index (χ1) is 11.7. The van der Waals surface area contributed by atoms with E-state index in [0.717, 1.165) is 34.3 Å². The lowest BCUT2D eigenvalue weighted by molar-refractivity contribution is -0.118. The Kier molecular flexibility index (Phi) is 3.73. The Labute approximate surface area is 148 Å². The molecular weight excluding hydrogens is 366 g/mol. The van der Waals surface area contributed by atoms with Gasteiger partial charge in [-0.1, -0.05) is 28.1 Å². The first kappa shape index (κ1) is 15.1. The van der Waals surface area contributed by atoms with Crippen LogP contribution in [0.5, 0.6) is 0 Å². The molecule has 2 aromatic carbocycles. The fourth-order valence-corrected chi connectivity index (χ4v) is 3.33. The van der Waals surface area contributed by atoms with Crippen molar-refractivity contribution in [3.05, 3.63) is 77.0 Å². The monoisotopic (exact) mass is 381 g/mol. The molecule has 1 N–H and O–H groups in total. The molecule has 1 aliphatic rings. The molecule has 1 heterocycles. The predicted molar refractivity (Wildman–Crippen MR) is 97.2 cm³/mol. The summed E-state index contributed by atoms with van der Waals surface area (Å²) in [6.07, 6.45) is 5.41. The quantitative estimate of drug-likeness (QED) is 0.731. The molecule has 0 aliphatic heterocycles. The number of carbonyl (C=O) groups excluding carboxylic acids is 1. The zero-order valence-corrected chi connectivity index (χ0v) is 14.5. The Morgan fingerprint density at radius 3 is 2.54 bits per heavy atom. The van der Waals surface area contributed by atoms with Crippen LogP contribution in [0.25, 0.3) is 5.69 Å². The molecule has 120 valence electrons. The van der Waals surface area contributed by atoms with Crippen molar-refractivity contribution in [2.24, 2.45) is 0 Å². The predicted octanol–water partition coefficient (Wildman–Crippen LogP) is 4.31. The molecule has 1 fully saturated rings. The molecule has 0 saturated heterocycles. The fourth-order valence-electron chi connectivity index (χ4n) is 2.93. The molecule has 4 rings (SSSR count). The maximum atomic E-state index is 12.8. The van der Waals surface area contributed by atoms with Crippen molar-refractivity contribution in [3.8, 4) is 5.69 Å². The van der Waals surface area contributed by atoms with E-state index in [0.29, 0.717) is 0 Å². The summed E-state index contributed by atoms with van der Waals surface area (Å²) in [5, 5.41) is 7.25. The number of halogens is 1. The van der Waals surface area contributed by atoms with Gasteiger partial charge in [0.25, 0.3) is 0 Å². The van der Waals surface area contributed by atoms with E-state index in [9.17, 15) is 4.79 Å². The van der Waals surface area contributed by atoms with Crippen molar-refractivity contribution in [2.45, 2.75) is 18.3 Å². The molecule has 4 nitrogen and oxygen atoms in total. The van der Waals surface area contributed by atoms with E-state index in [1.807, 2.05) is 60.8 Å². The third-order valence-corrected chi connectivity index (χ3v) is 4.95. The number of hydrogen-bond acceptors (Lipinski definition) is 2. The van der Waals surface area contributed by atoms with Crippen LogP contribution in [0, 0.1) is 0 Å². The van der Waals surface area contributed by atoms with E-state index in [2.05, 4.69) is 26.3 Å². The molecule has 0 spiro atoms. The minimum atomic E-state index is -0.384. The first-order valence-electron chi connectivity index (χ1n) is 7.85. The largest absolute Gasteiger partial charge is 0.325 e. The SMILES string of the molecule is O=C(Nc1ccc(-n2cccn2)cc1)C1(c2cccc(Br)c2)CC1. The van der Waals surface area contributed by atoms with Gasteiger partial charge in [-0.3, -0.25) is 4.79 Å². The van der Waals surface area contributed by atoms with Crippen molar-refractivity contribution in [2.75, 3.05) is 5.32 Å². The molecule has 1 aromatic heterocycles. The molecule has 3 aromatic rings. The number of anilines is 1. The van der Waals surface area contributed by atoms with E-state index >= 15 is 0 Å². The number of hydrogen-bond donors (Lipinski definition) is 1. The highest BCUT2D eigenvalue weighted by Gasteiger charge is 2.51. The molecular formula is C19H16BrN3O. The molecule has 1 amide bonds. The lowest BCUT2D eigenvalue weighted by atomic mass is 9.95. The summed E-state index contributed by atoms with van der Waals surface area (Å²) in [6.45, 7) is 0. The highest BCUT2D eigenvalue weighted by molar-refractivity contribution is 9.10. The van der Waals surface area contributed by atoms with Crippen LogP contribution < -0.4 is 5.32 Å². The van der Waals surface area contributed by atoms with E-state index in [1.165, 1.54) is 0 Å². The molecule has 0 unspecified atom stereocenters. The molecule has 24 heavy (non-hydrogen) atoms. The third kappa shape index (κ3) is 2.76. The maximum Gasteiger partial charge on any atom is 0.235 e. The summed E-state index contributed by atoms with van der Waals surface area (Å²) in [6, 6.07) is 17.6. The summed E-state index contributed by atoms with van der Waals surface area (Å²) in [5.41, 5.74) is 2.45. The number of nitrogens with zero attached hydrogens (tertiary/aromatic N) is 2. The van der Waals surface area contributed by atoms with Gasteiger partial charge in [-0.05, 0) is 60.9 Å². The number of aromatic nitrogens is 2. The van der Waals surface area contributed by atoms with Gasteiger partial charge in [0.15, 0.2) is 0 Å². The van der Waals surface area contributed by atoms with Gasteiger partial charge < -0.3 is 5.32 Å². The van der Waals surface area contributed by atoms with Crippen molar-refractivity contribution in [1.29, 1.82) is 0 Å². The number of amides is 1.